The zero-order chi connectivity index (χ0) is 20.6. The van der Waals surface area contributed by atoms with Gasteiger partial charge in [-0.15, -0.1) is 0 Å². The van der Waals surface area contributed by atoms with Crippen molar-refractivity contribution < 1.29 is 8.42 Å². The van der Waals surface area contributed by atoms with Gasteiger partial charge in [0.05, 0.1) is 29.8 Å². The number of aromatic nitrogens is 3. The zero-order valence-electron chi connectivity index (χ0n) is 15.7. The lowest BCUT2D eigenvalue weighted by molar-refractivity contribution is 0.603. The zero-order valence-corrected chi connectivity index (χ0v) is 16.6. The van der Waals surface area contributed by atoms with Crippen molar-refractivity contribution in [2.75, 3.05) is 11.0 Å². The molecule has 0 saturated heterocycles. The molecule has 3 aromatic rings. The maximum atomic E-state index is 12.1. The SMILES string of the molecule is CS(=O)(=O)Nc1ccc(-c2cnn(-c3ccc(=O)n(CC4CC4)c3)c2)c(C#N)c1. The van der Waals surface area contributed by atoms with Gasteiger partial charge in [-0.25, -0.2) is 13.1 Å². The Labute approximate surface area is 168 Å². The molecule has 1 N–H and O–H groups in total. The molecular formula is C20H19N5O3S. The molecule has 148 valence electrons. The van der Waals surface area contributed by atoms with Gasteiger partial charge in [0, 0.05) is 41.8 Å². The van der Waals surface area contributed by atoms with Crippen molar-refractivity contribution in [3.8, 4) is 22.9 Å². The summed E-state index contributed by atoms with van der Waals surface area (Å²) in [7, 11) is -3.43. The standard InChI is InChI=1S/C20H19N5O3S/c1-29(27,28)23-17-4-6-19(15(8-17)9-21)16-10-22-25(12-16)18-5-7-20(26)24(13-18)11-14-2-3-14/h4-8,10,12-14,23H,2-3,11H2,1H3. The van der Waals surface area contributed by atoms with Gasteiger partial charge >= 0.3 is 0 Å². The van der Waals surface area contributed by atoms with Crippen LogP contribution in [0.1, 0.15) is 18.4 Å². The summed E-state index contributed by atoms with van der Waals surface area (Å²) in [6.07, 6.45) is 8.58. The second-order valence-electron chi connectivity index (χ2n) is 7.24. The third-order valence-corrected chi connectivity index (χ3v) is 5.33. The fourth-order valence-electron chi connectivity index (χ4n) is 3.14. The van der Waals surface area contributed by atoms with Gasteiger partial charge in [-0.1, -0.05) is 6.07 Å². The number of hydrogen-bond acceptors (Lipinski definition) is 5. The van der Waals surface area contributed by atoms with Crippen molar-refractivity contribution >= 4 is 15.7 Å². The minimum atomic E-state index is -3.43. The first-order valence-electron chi connectivity index (χ1n) is 9.10. The normalized spacial score (nSPS) is 13.8. The number of anilines is 1. The molecular weight excluding hydrogens is 390 g/mol. The Bertz CT molecular complexity index is 1280. The van der Waals surface area contributed by atoms with E-state index in [1.54, 1.807) is 46.0 Å². The molecule has 1 aromatic carbocycles. The van der Waals surface area contributed by atoms with E-state index in [1.807, 2.05) is 0 Å². The predicted molar refractivity (Wildman–Crippen MR) is 109 cm³/mol. The summed E-state index contributed by atoms with van der Waals surface area (Å²) in [6.45, 7) is 0.716. The Morgan fingerprint density at radius 2 is 2.03 bits per heavy atom. The van der Waals surface area contributed by atoms with E-state index in [9.17, 15) is 18.5 Å². The van der Waals surface area contributed by atoms with Gasteiger partial charge in [-0.2, -0.15) is 10.4 Å². The van der Waals surface area contributed by atoms with E-state index in [0.29, 0.717) is 34.8 Å². The Hall–Kier alpha value is -3.38. The average molecular weight is 409 g/mol. The molecule has 29 heavy (non-hydrogen) atoms. The highest BCUT2D eigenvalue weighted by Gasteiger charge is 2.22. The lowest BCUT2D eigenvalue weighted by Gasteiger charge is -2.08. The van der Waals surface area contributed by atoms with E-state index < -0.39 is 10.0 Å². The number of nitriles is 1. The first kappa shape index (κ1) is 19.0. The Morgan fingerprint density at radius 3 is 2.72 bits per heavy atom. The summed E-state index contributed by atoms with van der Waals surface area (Å²) in [6, 6.07) is 10.1. The molecule has 1 aliphatic carbocycles. The van der Waals surface area contributed by atoms with Crippen molar-refractivity contribution in [3.63, 3.8) is 0 Å². The summed E-state index contributed by atoms with van der Waals surface area (Å²) in [5.74, 6) is 0.577. The molecule has 0 spiro atoms. The Balaban J connectivity index is 1.66. The predicted octanol–water partition coefficient (Wildman–Crippen LogP) is 2.35. The van der Waals surface area contributed by atoms with E-state index >= 15 is 0 Å². The molecule has 0 unspecified atom stereocenters. The lowest BCUT2D eigenvalue weighted by atomic mass is 10.0. The first-order valence-corrected chi connectivity index (χ1v) is 11.0. The third-order valence-electron chi connectivity index (χ3n) is 4.72. The van der Waals surface area contributed by atoms with Gasteiger partial charge in [0.15, 0.2) is 0 Å². The molecule has 0 atom stereocenters. The average Bonchev–Trinajstić information content (AvgIpc) is 3.35. The quantitative estimate of drug-likeness (QED) is 0.672. The fourth-order valence-corrected chi connectivity index (χ4v) is 3.70. The van der Waals surface area contributed by atoms with Crippen LogP contribution in [0.2, 0.25) is 0 Å². The number of hydrogen-bond donors (Lipinski definition) is 1. The summed E-state index contributed by atoms with van der Waals surface area (Å²) < 4.78 is 28.5. The van der Waals surface area contributed by atoms with Gasteiger partial charge in [-0.3, -0.25) is 9.52 Å². The second-order valence-corrected chi connectivity index (χ2v) is 8.99. The van der Waals surface area contributed by atoms with E-state index in [2.05, 4.69) is 15.9 Å². The van der Waals surface area contributed by atoms with Crippen molar-refractivity contribution in [1.82, 2.24) is 14.3 Å². The number of rotatable bonds is 6. The van der Waals surface area contributed by atoms with Crippen LogP contribution in [0.4, 0.5) is 5.69 Å². The van der Waals surface area contributed by atoms with E-state index in [1.165, 1.54) is 12.1 Å². The number of nitrogens with one attached hydrogen (secondary N) is 1. The maximum absolute atomic E-state index is 12.1. The first-order chi connectivity index (χ1) is 13.8. The van der Waals surface area contributed by atoms with Crippen LogP contribution < -0.4 is 10.3 Å². The van der Waals surface area contributed by atoms with Crippen LogP contribution in [0.15, 0.2) is 53.7 Å². The summed E-state index contributed by atoms with van der Waals surface area (Å²) in [5.41, 5.74) is 2.74. The number of nitrogens with zero attached hydrogens (tertiary/aromatic N) is 4. The molecule has 0 bridgehead atoms. The van der Waals surface area contributed by atoms with Crippen LogP contribution in [0.25, 0.3) is 16.8 Å². The highest BCUT2D eigenvalue weighted by atomic mass is 32.2. The van der Waals surface area contributed by atoms with Gasteiger partial charge < -0.3 is 4.57 Å². The van der Waals surface area contributed by atoms with Crippen molar-refractivity contribution in [3.05, 3.63) is 64.8 Å². The molecule has 0 radical (unpaired) electrons. The highest BCUT2D eigenvalue weighted by molar-refractivity contribution is 7.92. The molecule has 2 aromatic heterocycles. The minimum absolute atomic E-state index is 0.0336. The summed E-state index contributed by atoms with van der Waals surface area (Å²) >= 11 is 0. The van der Waals surface area contributed by atoms with Crippen LogP contribution in [-0.4, -0.2) is 29.0 Å². The van der Waals surface area contributed by atoms with Crippen molar-refractivity contribution in [2.45, 2.75) is 19.4 Å². The van der Waals surface area contributed by atoms with E-state index in [0.717, 1.165) is 24.8 Å². The molecule has 4 rings (SSSR count). The monoisotopic (exact) mass is 409 g/mol. The minimum Gasteiger partial charge on any atom is -0.313 e. The molecule has 8 nitrogen and oxygen atoms in total. The summed E-state index contributed by atoms with van der Waals surface area (Å²) in [5, 5.41) is 13.9. The maximum Gasteiger partial charge on any atom is 0.250 e. The molecule has 0 amide bonds. The lowest BCUT2D eigenvalue weighted by Crippen LogP contribution is -2.20. The van der Waals surface area contributed by atoms with Crippen molar-refractivity contribution in [1.29, 1.82) is 5.26 Å². The molecule has 2 heterocycles. The van der Waals surface area contributed by atoms with Gasteiger partial charge in [0.1, 0.15) is 0 Å². The molecule has 1 fully saturated rings. The molecule has 1 aliphatic rings. The third kappa shape index (κ3) is 4.38. The largest absolute Gasteiger partial charge is 0.313 e. The van der Waals surface area contributed by atoms with Gasteiger partial charge in [-0.05, 0) is 37.0 Å². The van der Waals surface area contributed by atoms with Crippen LogP contribution in [0.3, 0.4) is 0 Å². The van der Waals surface area contributed by atoms with Crippen LogP contribution >= 0.6 is 0 Å². The Kier molecular flexibility index (Phi) is 4.72. The smallest absolute Gasteiger partial charge is 0.250 e. The van der Waals surface area contributed by atoms with Gasteiger partial charge in [0.2, 0.25) is 10.0 Å². The molecule has 1 saturated carbocycles. The van der Waals surface area contributed by atoms with E-state index in [4.69, 9.17) is 0 Å². The summed E-state index contributed by atoms with van der Waals surface area (Å²) in [4.78, 5) is 12.1. The van der Waals surface area contributed by atoms with E-state index in [-0.39, 0.29) is 5.56 Å². The number of sulfonamides is 1. The Morgan fingerprint density at radius 1 is 1.24 bits per heavy atom. The number of benzene rings is 1. The van der Waals surface area contributed by atoms with Crippen molar-refractivity contribution in [2.24, 2.45) is 5.92 Å². The van der Waals surface area contributed by atoms with Gasteiger partial charge in [0.25, 0.3) is 5.56 Å². The topological polar surface area (TPSA) is 110 Å². The van der Waals surface area contributed by atoms with Crippen LogP contribution in [0.5, 0.6) is 0 Å². The molecule has 9 heteroatoms. The van der Waals surface area contributed by atoms with Crippen LogP contribution in [0, 0.1) is 17.2 Å². The second kappa shape index (κ2) is 7.22. The fraction of sp³-hybridized carbons (Fsp3) is 0.250. The van der Waals surface area contributed by atoms with Crippen LogP contribution in [-0.2, 0) is 16.6 Å². The highest BCUT2D eigenvalue weighted by Crippen LogP contribution is 2.30. The molecule has 0 aliphatic heterocycles. The number of pyridine rings is 1.